The fraction of sp³-hybridized carbons (Fsp3) is 0.167. The Balaban J connectivity index is 2.36. The molecule has 1 aromatic heterocycles. The van der Waals surface area contributed by atoms with Gasteiger partial charge in [0.15, 0.2) is 0 Å². The number of halogens is 1. The van der Waals surface area contributed by atoms with E-state index in [1.165, 1.54) is 0 Å². The Morgan fingerprint density at radius 1 is 1.27 bits per heavy atom. The van der Waals surface area contributed by atoms with Crippen molar-refractivity contribution >= 4 is 11.6 Å². The van der Waals surface area contributed by atoms with Crippen LogP contribution in [0.1, 0.15) is 17.4 Å². The Morgan fingerprint density at radius 3 is 2.67 bits per heavy atom. The maximum Gasteiger partial charge on any atom is 0.119 e. The number of aliphatic hydroxyl groups is 1. The molecule has 1 atom stereocenters. The number of rotatable bonds is 2. The first kappa shape index (κ1) is 10.3. The summed E-state index contributed by atoms with van der Waals surface area (Å²) < 4.78 is 1.89. The first-order valence-corrected chi connectivity index (χ1v) is 5.11. The van der Waals surface area contributed by atoms with E-state index in [1.807, 2.05) is 42.1 Å². The molecule has 0 aliphatic carbocycles. The van der Waals surface area contributed by atoms with Gasteiger partial charge in [0.1, 0.15) is 6.10 Å². The Labute approximate surface area is 93.7 Å². The fourth-order valence-corrected chi connectivity index (χ4v) is 1.80. The molecule has 2 aromatic rings. The molecular weight excluding hydrogens is 210 g/mol. The van der Waals surface area contributed by atoms with Gasteiger partial charge in [-0.2, -0.15) is 0 Å². The normalized spacial score (nSPS) is 12.7. The van der Waals surface area contributed by atoms with E-state index in [9.17, 15) is 5.11 Å². The lowest BCUT2D eigenvalue weighted by Crippen LogP contribution is -2.04. The van der Waals surface area contributed by atoms with E-state index in [-0.39, 0.29) is 0 Å². The molecule has 0 fully saturated rings. The molecule has 0 unspecified atom stereocenters. The third-order valence-corrected chi connectivity index (χ3v) is 2.66. The standard InChI is InChI=1S/C12H12ClNO/c1-14-7-3-6-11(14)12(15)9-4-2-5-10(13)8-9/h2-8,12,15H,1H3/t12-/m1/s1. The first-order valence-electron chi connectivity index (χ1n) is 4.73. The number of hydrogen-bond acceptors (Lipinski definition) is 1. The molecule has 0 bridgehead atoms. The molecule has 15 heavy (non-hydrogen) atoms. The molecule has 0 spiro atoms. The van der Waals surface area contributed by atoms with Gasteiger partial charge in [0.25, 0.3) is 0 Å². The molecule has 2 nitrogen and oxygen atoms in total. The summed E-state index contributed by atoms with van der Waals surface area (Å²) in [6.45, 7) is 0. The molecule has 1 heterocycles. The molecule has 0 saturated carbocycles. The third kappa shape index (κ3) is 2.06. The average Bonchev–Trinajstić information content (AvgIpc) is 2.63. The number of hydrogen-bond donors (Lipinski definition) is 1. The highest BCUT2D eigenvalue weighted by Gasteiger charge is 2.12. The highest BCUT2D eigenvalue weighted by atomic mass is 35.5. The summed E-state index contributed by atoms with van der Waals surface area (Å²) in [5, 5.41) is 10.7. The molecule has 0 aliphatic rings. The molecule has 2 rings (SSSR count). The largest absolute Gasteiger partial charge is 0.382 e. The Kier molecular flexibility index (Phi) is 2.80. The lowest BCUT2D eigenvalue weighted by atomic mass is 10.1. The summed E-state index contributed by atoms with van der Waals surface area (Å²) in [4.78, 5) is 0. The van der Waals surface area contributed by atoms with Crippen LogP contribution in [0.2, 0.25) is 5.02 Å². The van der Waals surface area contributed by atoms with Gasteiger partial charge in [-0.25, -0.2) is 0 Å². The topological polar surface area (TPSA) is 25.2 Å². The van der Waals surface area contributed by atoms with Crippen molar-refractivity contribution in [2.45, 2.75) is 6.10 Å². The zero-order valence-electron chi connectivity index (χ0n) is 8.39. The van der Waals surface area contributed by atoms with Gasteiger partial charge in [-0.1, -0.05) is 23.7 Å². The van der Waals surface area contributed by atoms with E-state index < -0.39 is 6.10 Å². The van der Waals surface area contributed by atoms with Crippen LogP contribution in [0.15, 0.2) is 42.6 Å². The van der Waals surface area contributed by atoms with Crippen LogP contribution in [0.25, 0.3) is 0 Å². The molecule has 0 amide bonds. The smallest absolute Gasteiger partial charge is 0.119 e. The van der Waals surface area contributed by atoms with Gasteiger partial charge in [-0.05, 0) is 29.8 Å². The molecule has 1 N–H and O–H groups in total. The average molecular weight is 222 g/mol. The highest BCUT2D eigenvalue weighted by Crippen LogP contribution is 2.23. The predicted octanol–water partition coefficient (Wildman–Crippen LogP) is 2.76. The van der Waals surface area contributed by atoms with Crippen LogP contribution in [0.5, 0.6) is 0 Å². The van der Waals surface area contributed by atoms with Gasteiger partial charge in [0, 0.05) is 18.3 Å². The van der Waals surface area contributed by atoms with Crippen molar-refractivity contribution in [2.75, 3.05) is 0 Å². The Hall–Kier alpha value is -1.25. The number of nitrogens with zero attached hydrogens (tertiary/aromatic N) is 1. The van der Waals surface area contributed by atoms with Gasteiger partial charge in [-0.15, -0.1) is 0 Å². The quantitative estimate of drug-likeness (QED) is 0.829. The van der Waals surface area contributed by atoms with Crippen LogP contribution >= 0.6 is 11.6 Å². The van der Waals surface area contributed by atoms with Crippen molar-refractivity contribution in [3.05, 3.63) is 58.9 Å². The molecule has 78 valence electrons. The van der Waals surface area contributed by atoms with Crippen molar-refractivity contribution in [1.82, 2.24) is 4.57 Å². The minimum Gasteiger partial charge on any atom is -0.382 e. The third-order valence-electron chi connectivity index (χ3n) is 2.43. The van der Waals surface area contributed by atoms with Gasteiger partial charge in [-0.3, -0.25) is 0 Å². The lowest BCUT2D eigenvalue weighted by Gasteiger charge is -2.12. The lowest BCUT2D eigenvalue weighted by molar-refractivity contribution is 0.211. The monoisotopic (exact) mass is 221 g/mol. The summed E-state index contributed by atoms with van der Waals surface area (Å²) in [5.41, 5.74) is 1.67. The van der Waals surface area contributed by atoms with Gasteiger partial charge in [0.2, 0.25) is 0 Å². The second kappa shape index (κ2) is 4.09. The molecule has 3 heteroatoms. The molecule has 1 aromatic carbocycles. The summed E-state index contributed by atoms with van der Waals surface area (Å²) in [7, 11) is 1.91. The van der Waals surface area contributed by atoms with Crippen LogP contribution in [0.4, 0.5) is 0 Å². The van der Waals surface area contributed by atoms with E-state index in [0.29, 0.717) is 5.02 Å². The first-order chi connectivity index (χ1) is 7.18. The van der Waals surface area contributed by atoms with Crippen molar-refractivity contribution in [2.24, 2.45) is 7.05 Å². The summed E-state index contributed by atoms with van der Waals surface area (Å²) in [6, 6.07) is 11.1. The highest BCUT2D eigenvalue weighted by molar-refractivity contribution is 6.30. The summed E-state index contributed by atoms with van der Waals surface area (Å²) in [6.07, 6.45) is 1.28. The minimum atomic E-state index is -0.622. The molecule has 0 saturated heterocycles. The maximum atomic E-state index is 10.1. The zero-order valence-corrected chi connectivity index (χ0v) is 9.15. The van der Waals surface area contributed by atoms with E-state index in [1.54, 1.807) is 12.1 Å². The van der Waals surface area contributed by atoms with E-state index in [4.69, 9.17) is 11.6 Å². The fourth-order valence-electron chi connectivity index (χ4n) is 1.61. The van der Waals surface area contributed by atoms with E-state index in [2.05, 4.69) is 0 Å². The number of aromatic nitrogens is 1. The van der Waals surface area contributed by atoms with Crippen molar-refractivity contribution in [1.29, 1.82) is 0 Å². The van der Waals surface area contributed by atoms with Gasteiger partial charge >= 0.3 is 0 Å². The molecule has 0 aliphatic heterocycles. The van der Waals surface area contributed by atoms with Crippen LogP contribution in [0, 0.1) is 0 Å². The van der Waals surface area contributed by atoms with Crippen molar-refractivity contribution in [3.63, 3.8) is 0 Å². The zero-order chi connectivity index (χ0) is 10.8. The maximum absolute atomic E-state index is 10.1. The second-order valence-electron chi connectivity index (χ2n) is 3.50. The number of aliphatic hydroxyl groups excluding tert-OH is 1. The van der Waals surface area contributed by atoms with E-state index >= 15 is 0 Å². The number of aryl methyl sites for hydroxylation is 1. The second-order valence-corrected chi connectivity index (χ2v) is 3.94. The predicted molar refractivity (Wildman–Crippen MR) is 60.9 cm³/mol. The number of benzene rings is 1. The minimum absolute atomic E-state index is 0.622. The van der Waals surface area contributed by atoms with Crippen molar-refractivity contribution < 1.29 is 5.11 Å². The Morgan fingerprint density at radius 2 is 2.07 bits per heavy atom. The van der Waals surface area contributed by atoms with Crippen LogP contribution in [-0.2, 0) is 7.05 Å². The SMILES string of the molecule is Cn1cccc1[C@H](O)c1cccc(Cl)c1. The summed E-state index contributed by atoms with van der Waals surface area (Å²) >= 11 is 5.87. The van der Waals surface area contributed by atoms with Crippen molar-refractivity contribution in [3.8, 4) is 0 Å². The van der Waals surface area contributed by atoms with Crippen LogP contribution < -0.4 is 0 Å². The van der Waals surface area contributed by atoms with Gasteiger partial charge in [0.05, 0.1) is 5.69 Å². The molecular formula is C12H12ClNO. The van der Waals surface area contributed by atoms with Crippen LogP contribution in [-0.4, -0.2) is 9.67 Å². The molecule has 0 radical (unpaired) electrons. The van der Waals surface area contributed by atoms with Crippen LogP contribution in [0.3, 0.4) is 0 Å². The Bertz CT molecular complexity index is 464. The van der Waals surface area contributed by atoms with E-state index in [0.717, 1.165) is 11.3 Å². The van der Waals surface area contributed by atoms with Gasteiger partial charge < -0.3 is 9.67 Å². The summed E-state index contributed by atoms with van der Waals surface area (Å²) in [5.74, 6) is 0.